The van der Waals surface area contributed by atoms with Crippen LogP contribution in [0, 0.1) is 6.92 Å². The van der Waals surface area contributed by atoms with Crippen LogP contribution >= 0.6 is 11.6 Å². The van der Waals surface area contributed by atoms with Crippen molar-refractivity contribution < 1.29 is 14.9 Å². The van der Waals surface area contributed by atoms with Gasteiger partial charge in [0.05, 0.1) is 6.10 Å². The van der Waals surface area contributed by atoms with Crippen molar-refractivity contribution in [2.24, 2.45) is 0 Å². The van der Waals surface area contributed by atoms with E-state index in [0.29, 0.717) is 19.0 Å². The Labute approximate surface area is 132 Å². The molecule has 1 aromatic rings. The Morgan fingerprint density at radius 3 is 2.43 bits per heavy atom. The minimum absolute atomic E-state index is 0.202. The van der Waals surface area contributed by atoms with Gasteiger partial charge in [0.2, 0.25) is 0 Å². The van der Waals surface area contributed by atoms with E-state index in [9.17, 15) is 5.11 Å². The van der Waals surface area contributed by atoms with Crippen LogP contribution in [0.25, 0.3) is 0 Å². The third-order valence-electron chi connectivity index (χ3n) is 3.16. The van der Waals surface area contributed by atoms with Gasteiger partial charge in [0.25, 0.3) is 0 Å². The lowest BCUT2D eigenvalue weighted by molar-refractivity contribution is 0.101. The second-order valence-electron chi connectivity index (χ2n) is 5.77. The second-order valence-corrected chi connectivity index (χ2v) is 6.17. The van der Waals surface area contributed by atoms with Crippen LogP contribution < -0.4 is 10.1 Å². The number of ether oxygens (including phenoxy) is 1. The second kappa shape index (κ2) is 8.59. The zero-order chi connectivity index (χ0) is 16.0. The van der Waals surface area contributed by atoms with Gasteiger partial charge in [-0.1, -0.05) is 25.4 Å². The quantitative estimate of drug-likeness (QED) is 0.690. The smallest absolute Gasteiger partial charge is 0.123 e. The summed E-state index contributed by atoms with van der Waals surface area (Å²) in [5, 5.41) is 22.7. The summed E-state index contributed by atoms with van der Waals surface area (Å²) in [5.74, 6) is 1.06. The monoisotopic (exact) mass is 315 g/mol. The van der Waals surface area contributed by atoms with Gasteiger partial charge in [0, 0.05) is 18.1 Å². The molecule has 21 heavy (non-hydrogen) atoms. The standard InChI is InChI=1S/C16H26ClNO3/c1-10(2)14-6-15(17)11(3)5-16(14)21-9-13(20)8-18-7-12(4)19/h5-6,10,12-13,18-20H,7-9H2,1-4H3/t12-,13-/m1/s1. The Morgan fingerprint density at radius 1 is 1.19 bits per heavy atom. The molecule has 0 fully saturated rings. The molecule has 0 spiro atoms. The highest BCUT2D eigenvalue weighted by Crippen LogP contribution is 2.32. The van der Waals surface area contributed by atoms with E-state index >= 15 is 0 Å². The molecule has 120 valence electrons. The molecule has 1 aromatic carbocycles. The summed E-state index contributed by atoms with van der Waals surface area (Å²) < 4.78 is 5.74. The van der Waals surface area contributed by atoms with Crippen molar-refractivity contribution in [2.45, 2.75) is 45.8 Å². The maximum absolute atomic E-state index is 9.88. The molecule has 0 heterocycles. The van der Waals surface area contributed by atoms with Crippen LogP contribution in [0.2, 0.25) is 5.02 Å². The highest BCUT2D eigenvalue weighted by atomic mass is 35.5. The highest BCUT2D eigenvalue weighted by Gasteiger charge is 2.13. The minimum Gasteiger partial charge on any atom is -0.491 e. The number of halogens is 1. The van der Waals surface area contributed by atoms with E-state index in [1.54, 1.807) is 6.92 Å². The molecule has 0 bridgehead atoms. The third-order valence-corrected chi connectivity index (χ3v) is 3.57. The van der Waals surface area contributed by atoms with Crippen LogP contribution in [0.4, 0.5) is 0 Å². The van der Waals surface area contributed by atoms with Crippen molar-refractivity contribution in [2.75, 3.05) is 19.7 Å². The van der Waals surface area contributed by atoms with Gasteiger partial charge in [-0.05, 0) is 43.0 Å². The molecule has 0 aromatic heterocycles. The van der Waals surface area contributed by atoms with Crippen molar-refractivity contribution in [1.29, 1.82) is 0 Å². The van der Waals surface area contributed by atoms with Crippen LogP contribution in [0.3, 0.4) is 0 Å². The predicted octanol–water partition coefficient (Wildman–Crippen LogP) is 2.48. The van der Waals surface area contributed by atoms with E-state index in [2.05, 4.69) is 19.2 Å². The summed E-state index contributed by atoms with van der Waals surface area (Å²) in [5.41, 5.74) is 1.99. The summed E-state index contributed by atoms with van der Waals surface area (Å²) in [7, 11) is 0. The number of hydrogen-bond acceptors (Lipinski definition) is 4. The van der Waals surface area contributed by atoms with Gasteiger partial charge in [0.15, 0.2) is 0 Å². The molecule has 0 radical (unpaired) electrons. The molecule has 2 atom stereocenters. The molecule has 0 aliphatic heterocycles. The summed E-state index contributed by atoms with van der Waals surface area (Å²) in [6.07, 6.45) is -1.05. The SMILES string of the molecule is Cc1cc(OC[C@H](O)CNC[C@@H](C)O)c(C(C)C)cc1Cl. The van der Waals surface area contributed by atoms with E-state index in [4.69, 9.17) is 21.4 Å². The summed E-state index contributed by atoms with van der Waals surface area (Å²) >= 11 is 6.15. The van der Waals surface area contributed by atoms with Gasteiger partial charge in [0.1, 0.15) is 18.5 Å². The van der Waals surface area contributed by atoms with Crippen molar-refractivity contribution in [1.82, 2.24) is 5.32 Å². The van der Waals surface area contributed by atoms with Crippen LogP contribution in [-0.2, 0) is 0 Å². The fourth-order valence-corrected chi connectivity index (χ4v) is 2.12. The number of rotatable bonds is 8. The number of nitrogens with one attached hydrogen (secondary N) is 1. The van der Waals surface area contributed by atoms with Gasteiger partial charge in [-0.3, -0.25) is 0 Å². The van der Waals surface area contributed by atoms with Crippen molar-refractivity contribution in [3.05, 3.63) is 28.3 Å². The largest absolute Gasteiger partial charge is 0.491 e. The van der Waals surface area contributed by atoms with E-state index in [1.807, 2.05) is 19.1 Å². The van der Waals surface area contributed by atoms with E-state index in [0.717, 1.165) is 21.9 Å². The lowest BCUT2D eigenvalue weighted by Crippen LogP contribution is -2.35. The molecule has 0 saturated carbocycles. The number of aliphatic hydroxyl groups is 2. The number of aliphatic hydroxyl groups excluding tert-OH is 2. The Hall–Kier alpha value is -0.810. The van der Waals surface area contributed by atoms with E-state index in [-0.39, 0.29) is 6.61 Å². The third kappa shape index (κ3) is 6.22. The summed E-state index contributed by atoms with van der Waals surface area (Å²) in [4.78, 5) is 0. The predicted molar refractivity (Wildman–Crippen MR) is 86.3 cm³/mol. The molecule has 0 unspecified atom stereocenters. The fourth-order valence-electron chi connectivity index (χ4n) is 1.95. The molecule has 3 N–H and O–H groups in total. The molecule has 0 amide bonds. The van der Waals surface area contributed by atoms with Crippen LogP contribution in [-0.4, -0.2) is 42.1 Å². The normalized spacial score (nSPS) is 14.3. The van der Waals surface area contributed by atoms with E-state index in [1.165, 1.54) is 0 Å². The first kappa shape index (κ1) is 18.2. The highest BCUT2D eigenvalue weighted by molar-refractivity contribution is 6.31. The molecule has 0 aliphatic carbocycles. The molecule has 1 rings (SSSR count). The van der Waals surface area contributed by atoms with Gasteiger partial charge in [-0.2, -0.15) is 0 Å². The minimum atomic E-state index is -0.625. The van der Waals surface area contributed by atoms with Gasteiger partial charge in [-0.25, -0.2) is 0 Å². The average molecular weight is 316 g/mol. The Morgan fingerprint density at radius 2 is 1.86 bits per heavy atom. The topological polar surface area (TPSA) is 61.7 Å². The van der Waals surface area contributed by atoms with Crippen molar-refractivity contribution in [3.63, 3.8) is 0 Å². The maximum Gasteiger partial charge on any atom is 0.123 e. The van der Waals surface area contributed by atoms with Crippen molar-refractivity contribution in [3.8, 4) is 5.75 Å². The number of hydrogen-bond donors (Lipinski definition) is 3. The zero-order valence-corrected chi connectivity index (χ0v) is 13.9. The zero-order valence-electron chi connectivity index (χ0n) is 13.2. The lowest BCUT2D eigenvalue weighted by Gasteiger charge is -2.18. The number of aryl methyl sites for hydroxylation is 1. The lowest BCUT2D eigenvalue weighted by atomic mass is 10.0. The number of benzene rings is 1. The molecular weight excluding hydrogens is 290 g/mol. The Balaban J connectivity index is 2.60. The van der Waals surface area contributed by atoms with E-state index < -0.39 is 12.2 Å². The summed E-state index contributed by atoms with van der Waals surface area (Å²) in [6.45, 7) is 8.82. The summed E-state index contributed by atoms with van der Waals surface area (Å²) in [6, 6.07) is 3.84. The maximum atomic E-state index is 9.88. The van der Waals surface area contributed by atoms with Crippen LogP contribution in [0.15, 0.2) is 12.1 Å². The first-order chi connectivity index (χ1) is 9.81. The molecule has 4 nitrogen and oxygen atoms in total. The molecule has 0 aliphatic rings. The first-order valence-electron chi connectivity index (χ1n) is 7.31. The average Bonchev–Trinajstić information content (AvgIpc) is 2.39. The van der Waals surface area contributed by atoms with Crippen molar-refractivity contribution >= 4 is 11.6 Å². The van der Waals surface area contributed by atoms with Crippen LogP contribution in [0.5, 0.6) is 5.75 Å². The molecular formula is C16H26ClNO3. The fraction of sp³-hybridized carbons (Fsp3) is 0.625. The first-order valence-corrected chi connectivity index (χ1v) is 7.68. The van der Waals surface area contributed by atoms with Crippen LogP contribution in [0.1, 0.15) is 37.8 Å². The van der Waals surface area contributed by atoms with Gasteiger partial charge in [-0.15, -0.1) is 0 Å². The van der Waals surface area contributed by atoms with Gasteiger partial charge >= 0.3 is 0 Å². The molecule has 0 saturated heterocycles. The Kier molecular flexibility index (Phi) is 7.46. The Bertz CT molecular complexity index is 449. The molecule has 5 heteroatoms. The van der Waals surface area contributed by atoms with Gasteiger partial charge < -0.3 is 20.3 Å².